The van der Waals surface area contributed by atoms with Crippen molar-refractivity contribution in [3.8, 4) is 0 Å². The second-order valence-corrected chi connectivity index (χ2v) is 4.73. The smallest absolute Gasteiger partial charge is 0.271 e. The molecule has 1 saturated heterocycles. The summed E-state index contributed by atoms with van der Waals surface area (Å²) in [7, 11) is 0. The van der Waals surface area contributed by atoms with Crippen molar-refractivity contribution < 1.29 is 4.92 Å². The lowest BCUT2D eigenvalue weighted by molar-refractivity contribution is -0.384. The Kier molecular flexibility index (Phi) is 4.41. The molecule has 0 bridgehead atoms. The van der Waals surface area contributed by atoms with Crippen LogP contribution in [0.25, 0.3) is 11.0 Å². The lowest BCUT2D eigenvalue weighted by Crippen LogP contribution is -2.38. The number of imidazole rings is 1. The zero-order chi connectivity index (χ0) is 13.2. The Hall–Kier alpha value is -1.86. The normalized spacial score (nSPS) is 18.5. The van der Waals surface area contributed by atoms with E-state index in [1.54, 1.807) is 6.07 Å². The van der Waals surface area contributed by atoms with Gasteiger partial charge in [-0.2, -0.15) is 0 Å². The van der Waals surface area contributed by atoms with Crippen LogP contribution in [0.3, 0.4) is 0 Å². The van der Waals surface area contributed by atoms with Crippen LogP contribution in [0.1, 0.15) is 12.8 Å². The lowest BCUT2D eigenvalue weighted by Gasteiger charge is -2.23. The van der Waals surface area contributed by atoms with Gasteiger partial charge in [-0.15, -0.1) is 12.4 Å². The van der Waals surface area contributed by atoms with E-state index in [2.05, 4.69) is 20.6 Å². The number of nitrogens with zero attached hydrogens (tertiary/aromatic N) is 2. The number of benzene rings is 1. The van der Waals surface area contributed by atoms with Gasteiger partial charge >= 0.3 is 0 Å². The molecule has 0 spiro atoms. The van der Waals surface area contributed by atoms with Gasteiger partial charge in [0.2, 0.25) is 5.95 Å². The molecular weight excluding hydrogens is 282 g/mol. The minimum atomic E-state index is -0.404. The number of aromatic nitrogens is 2. The summed E-state index contributed by atoms with van der Waals surface area (Å²) in [5.41, 5.74) is 1.49. The molecule has 1 atom stereocenters. The third-order valence-electron chi connectivity index (χ3n) is 3.31. The average Bonchev–Trinajstić information content (AvgIpc) is 2.80. The predicted octanol–water partition coefficient (Wildman–Crippen LogP) is 2.06. The topological polar surface area (TPSA) is 95.9 Å². The van der Waals surface area contributed by atoms with Gasteiger partial charge < -0.3 is 15.6 Å². The summed E-state index contributed by atoms with van der Waals surface area (Å²) in [6.45, 7) is 1.97. The third-order valence-corrected chi connectivity index (χ3v) is 3.31. The molecular formula is C12H16ClN5O2. The Bertz CT molecular complexity index is 609. The Labute approximate surface area is 121 Å². The molecule has 1 aromatic carbocycles. The summed E-state index contributed by atoms with van der Waals surface area (Å²) < 4.78 is 0. The van der Waals surface area contributed by atoms with Gasteiger partial charge in [0.25, 0.3) is 5.69 Å². The highest BCUT2D eigenvalue weighted by molar-refractivity contribution is 5.85. The summed E-state index contributed by atoms with van der Waals surface area (Å²) in [5.74, 6) is 0.671. The first-order valence-electron chi connectivity index (χ1n) is 6.34. The maximum Gasteiger partial charge on any atom is 0.271 e. The number of nitro groups is 1. The first-order valence-corrected chi connectivity index (χ1v) is 6.34. The molecule has 8 heteroatoms. The van der Waals surface area contributed by atoms with E-state index >= 15 is 0 Å². The highest BCUT2D eigenvalue weighted by Crippen LogP contribution is 2.21. The number of piperidine rings is 1. The molecule has 0 radical (unpaired) electrons. The van der Waals surface area contributed by atoms with Gasteiger partial charge in [0.1, 0.15) is 0 Å². The van der Waals surface area contributed by atoms with Crippen molar-refractivity contribution in [2.24, 2.45) is 0 Å². The van der Waals surface area contributed by atoms with Crippen LogP contribution < -0.4 is 10.6 Å². The van der Waals surface area contributed by atoms with E-state index in [-0.39, 0.29) is 18.1 Å². The molecule has 108 valence electrons. The predicted molar refractivity (Wildman–Crippen MR) is 79.5 cm³/mol. The van der Waals surface area contributed by atoms with Crippen LogP contribution in [0.15, 0.2) is 18.2 Å². The molecule has 20 heavy (non-hydrogen) atoms. The highest BCUT2D eigenvalue weighted by Gasteiger charge is 2.15. The first-order chi connectivity index (χ1) is 9.22. The SMILES string of the molecule is Cl.O=[N+]([O-])c1ccc2nc(N[C@@H]3CCCNC3)[nH]c2c1. The van der Waals surface area contributed by atoms with Crippen LogP contribution >= 0.6 is 12.4 Å². The fourth-order valence-corrected chi connectivity index (χ4v) is 2.35. The first kappa shape index (κ1) is 14.5. The number of aromatic amines is 1. The average molecular weight is 298 g/mol. The van der Waals surface area contributed by atoms with E-state index in [0.717, 1.165) is 31.4 Å². The number of rotatable bonds is 3. The van der Waals surface area contributed by atoms with Gasteiger partial charge in [-0.3, -0.25) is 10.1 Å². The van der Waals surface area contributed by atoms with Crippen LogP contribution in [0, 0.1) is 10.1 Å². The second kappa shape index (κ2) is 6.06. The molecule has 0 amide bonds. The van der Waals surface area contributed by atoms with Crippen LogP contribution in [0.2, 0.25) is 0 Å². The van der Waals surface area contributed by atoms with E-state index < -0.39 is 4.92 Å². The number of nitro benzene ring substituents is 1. The summed E-state index contributed by atoms with van der Waals surface area (Å²) in [5, 5.41) is 17.4. The van der Waals surface area contributed by atoms with E-state index in [1.807, 2.05) is 0 Å². The Morgan fingerprint density at radius 1 is 1.45 bits per heavy atom. The molecule has 0 aliphatic carbocycles. The van der Waals surface area contributed by atoms with Crippen LogP contribution in [0.4, 0.5) is 11.6 Å². The molecule has 0 saturated carbocycles. The van der Waals surface area contributed by atoms with Gasteiger partial charge in [0, 0.05) is 24.7 Å². The summed E-state index contributed by atoms with van der Waals surface area (Å²) in [6.07, 6.45) is 2.24. The maximum atomic E-state index is 10.7. The largest absolute Gasteiger partial charge is 0.352 e. The fourth-order valence-electron chi connectivity index (χ4n) is 2.35. The second-order valence-electron chi connectivity index (χ2n) is 4.73. The molecule has 2 aromatic rings. The van der Waals surface area contributed by atoms with Gasteiger partial charge in [-0.25, -0.2) is 4.98 Å². The Balaban J connectivity index is 0.00000147. The Morgan fingerprint density at radius 2 is 2.30 bits per heavy atom. The lowest BCUT2D eigenvalue weighted by atomic mass is 10.1. The zero-order valence-electron chi connectivity index (χ0n) is 10.8. The van der Waals surface area contributed by atoms with Crippen LogP contribution in [-0.2, 0) is 0 Å². The number of fused-ring (bicyclic) bond motifs is 1. The van der Waals surface area contributed by atoms with Gasteiger partial charge in [-0.1, -0.05) is 0 Å². The monoisotopic (exact) mass is 297 g/mol. The number of non-ortho nitro benzene ring substituents is 1. The molecule has 1 aliphatic heterocycles. The zero-order valence-corrected chi connectivity index (χ0v) is 11.6. The van der Waals surface area contributed by atoms with Crippen molar-refractivity contribution in [2.45, 2.75) is 18.9 Å². The number of hydrogen-bond donors (Lipinski definition) is 3. The van der Waals surface area contributed by atoms with Crippen LogP contribution in [-0.4, -0.2) is 34.0 Å². The minimum Gasteiger partial charge on any atom is -0.352 e. The van der Waals surface area contributed by atoms with Crippen molar-refractivity contribution in [2.75, 3.05) is 18.4 Å². The summed E-state index contributed by atoms with van der Waals surface area (Å²) in [4.78, 5) is 17.8. The maximum absolute atomic E-state index is 10.7. The van der Waals surface area contributed by atoms with Crippen molar-refractivity contribution >= 4 is 35.1 Å². The summed E-state index contributed by atoms with van der Waals surface area (Å²) >= 11 is 0. The standard InChI is InChI=1S/C12H15N5O2.ClH/c18-17(19)9-3-4-10-11(6-9)16-12(15-10)14-8-2-1-5-13-7-8;/h3-4,6,8,13H,1-2,5,7H2,(H2,14,15,16);1H/t8-;/m1./s1. The summed E-state index contributed by atoms with van der Waals surface area (Å²) in [6, 6.07) is 4.99. The van der Waals surface area contributed by atoms with E-state index in [4.69, 9.17) is 0 Å². The van der Waals surface area contributed by atoms with E-state index in [1.165, 1.54) is 12.1 Å². The van der Waals surface area contributed by atoms with Crippen molar-refractivity contribution in [1.82, 2.24) is 15.3 Å². The number of hydrogen-bond acceptors (Lipinski definition) is 5. The van der Waals surface area contributed by atoms with Crippen LogP contribution in [0.5, 0.6) is 0 Å². The molecule has 3 N–H and O–H groups in total. The van der Waals surface area contributed by atoms with E-state index in [0.29, 0.717) is 17.5 Å². The molecule has 1 fully saturated rings. The fraction of sp³-hybridized carbons (Fsp3) is 0.417. The molecule has 2 heterocycles. The molecule has 1 aromatic heterocycles. The number of nitrogens with one attached hydrogen (secondary N) is 3. The highest BCUT2D eigenvalue weighted by atomic mass is 35.5. The van der Waals surface area contributed by atoms with Crippen molar-refractivity contribution in [3.05, 3.63) is 28.3 Å². The van der Waals surface area contributed by atoms with E-state index in [9.17, 15) is 10.1 Å². The van der Waals surface area contributed by atoms with Gasteiger partial charge in [-0.05, 0) is 25.5 Å². The number of halogens is 1. The quantitative estimate of drug-likeness (QED) is 0.595. The van der Waals surface area contributed by atoms with Gasteiger partial charge in [0.05, 0.1) is 16.0 Å². The molecule has 0 unspecified atom stereocenters. The Morgan fingerprint density at radius 3 is 3.00 bits per heavy atom. The number of H-pyrrole nitrogens is 1. The number of anilines is 1. The third kappa shape index (κ3) is 3.00. The van der Waals surface area contributed by atoms with Crippen molar-refractivity contribution in [1.29, 1.82) is 0 Å². The minimum absolute atomic E-state index is 0. The molecule has 1 aliphatic rings. The van der Waals surface area contributed by atoms with Crippen molar-refractivity contribution in [3.63, 3.8) is 0 Å². The van der Waals surface area contributed by atoms with Gasteiger partial charge in [0.15, 0.2) is 0 Å². The molecule has 7 nitrogen and oxygen atoms in total. The molecule has 3 rings (SSSR count).